The second-order valence-electron chi connectivity index (χ2n) is 8.36. The first-order valence-electron chi connectivity index (χ1n) is 10.1. The van der Waals surface area contributed by atoms with Crippen molar-refractivity contribution in [1.29, 1.82) is 0 Å². The average molecular weight is 424 g/mol. The van der Waals surface area contributed by atoms with E-state index in [1.54, 1.807) is 16.7 Å². The minimum Gasteiger partial charge on any atom is -0.459 e. The van der Waals surface area contributed by atoms with Crippen LogP contribution in [0.5, 0.6) is 0 Å². The lowest BCUT2D eigenvalue weighted by molar-refractivity contribution is -0.168. The van der Waals surface area contributed by atoms with Gasteiger partial charge < -0.3 is 9.64 Å². The number of nitrogens with zero attached hydrogens (tertiary/aromatic N) is 1. The van der Waals surface area contributed by atoms with E-state index >= 15 is 0 Å². The maximum absolute atomic E-state index is 12.9. The van der Waals surface area contributed by atoms with Crippen LogP contribution in [0, 0.1) is 5.92 Å². The van der Waals surface area contributed by atoms with Crippen LogP contribution in [-0.2, 0) is 32.1 Å². The lowest BCUT2D eigenvalue weighted by Crippen LogP contribution is -2.63. The molecule has 2 fully saturated rings. The molecule has 2 aliphatic heterocycles. The third-order valence-electron chi connectivity index (χ3n) is 5.69. The van der Waals surface area contributed by atoms with E-state index in [4.69, 9.17) is 4.74 Å². The Hall–Kier alpha value is -2.60. The SMILES string of the molecule is CC1(C)S[C@@H]2[C@H](CC(=O)Cc3ccccc3)C(=O)N2[C@H]1C(=O)OCc1ccccc1. The summed E-state index contributed by atoms with van der Waals surface area (Å²) in [5.41, 5.74) is 1.86. The monoisotopic (exact) mass is 423 g/mol. The minimum absolute atomic E-state index is 0.0488. The van der Waals surface area contributed by atoms with Gasteiger partial charge in [-0.3, -0.25) is 9.59 Å². The number of esters is 1. The average Bonchev–Trinajstić information content (AvgIpc) is 2.99. The summed E-state index contributed by atoms with van der Waals surface area (Å²) in [7, 11) is 0. The number of benzene rings is 2. The van der Waals surface area contributed by atoms with Crippen LogP contribution in [0.15, 0.2) is 60.7 Å². The molecule has 156 valence electrons. The van der Waals surface area contributed by atoms with Gasteiger partial charge >= 0.3 is 5.97 Å². The Morgan fingerprint density at radius 2 is 1.60 bits per heavy atom. The van der Waals surface area contributed by atoms with Crippen molar-refractivity contribution >= 4 is 29.4 Å². The Bertz CT molecular complexity index is 944. The molecular weight excluding hydrogens is 398 g/mol. The molecule has 5 nitrogen and oxygen atoms in total. The number of ketones is 1. The lowest BCUT2D eigenvalue weighted by atomic mass is 9.87. The molecular formula is C24H25NO4S. The molecule has 30 heavy (non-hydrogen) atoms. The van der Waals surface area contributed by atoms with Gasteiger partial charge in [0, 0.05) is 17.6 Å². The largest absolute Gasteiger partial charge is 0.459 e. The first-order valence-corrected chi connectivity index (χ1v) is 11.0. The third-order valence-corrected chi connectivity index (χ3v) is 7.32. The second kappa shape index (κ2) is 8.26. The number of amides is 1. The summed E-state index contributed by atoms with van der Waals surface area (Å²) in [4.78, 5) is 39.8. The van der Waals surface area contributed by atoms with Crippen molar-refractivity contribution in [1.82, 2.24) is 4.90 Å². The minimum atomic E-state index is -0.635. The Kier molecular flexibility index (Phi) is 5.69. The van der Waals surface area contributed by atoms with Gasteiger partial charge in [0.25, 0.3) is 0 Å². The van der Waals surface area contributed by atoms with E-state index in [-0.39, 0.29) is 42.0 Å². The number of ether oxygens (including phenoxy) is 1. The molecule has 0 bridgehead atoms. The van der Waals surface area contributed by atoms with E-state index < -0.39 is 10.8 Å². The molecule has 0 spiro atoms. The van der Waals surface area contributed by atoms with Crippen molar-refractivity contribution < 1.29 is 19.1 Å². The van der Waals surface area contributed by atoms with Crippen molar-refractivity contribution in [2.75, 3.05) is 0 Å². The Labute approximate surface area is 180 Å². The highest BCUT2D eigenvalue weighted by Gasteiger charge is 2.64. The predicted molar refractivity (Wildman–Crippen MR) is 116 cm³/mol. The van der Waals surface area contributed by atoms with Crippen LogP contribution in [-0.4, -0.2) is 38.7 Å². The van der Waals surface area contributed by atoms with E-state index in [0.717, 1.165) is 11.1 Å². The zero-order chi connectivity index (χ0) is 21.3. The first-order chi connectivity index (χ1) is 14.4. The maximum atomic E-state index is 12.9. The number of thioether (sulfide) groups is 1. The van der Waals surface area contributed by atoms with E-state index in [0.29, 0.717) is 6.42 Å². The normalized spacial score (nSPS) is 24.1. The smallest absolute Gasteiger partial charge is 0.330 e. The van der Waals surface area contributed by atoms with Gasteiger partial charge in [0.1, 0.15) is 18.4 Å². The van der Waals surface area contributed by atoms with E-state index in [1.165, 1.54) is 0 Å². The molecule has 0 saturated carbocycles. The first kappa shape index (κ1) is 20.7. The van der Waals surface area contributed by atoms with Crippen molar-refractivity contribution in [2.24, 2.45) is 5.92 Å². The molecule has 3 atom stereocenters. The second-order valence-corrected chi connectivity index (χ2v) is 10.1. The molecule has 2 heterocycles. The number of hydrogen-bond donors (Lipinski definition) is 0. The highest BCUT2D eigenvalue weighted by Crippen LogP contribution is 2.54. The van der Waals surface area contributed by atoms with Gasteiger partial charge in [-0.25, -0.2) is 4.79 Å². The number of hydrogen-bond acceptors (Lipinski definition) is 5. The van der Waals surface area contributed by atoms with Gasteiger partial charge in [-0.2, -0.15) is 0 Å². The molecule has 6 heteroatoms. The van der Waals surface area contributed by atoms with Gasteiger partial charge in [-0.15, -0.1) is 11.8 Å². The van der Waals surface area contributed by atoms with Crippen LogP contribution in [0.1, 0.15) is 31.4 Å². The molecule has 2 aromatic rings. The summed E-state index contributed by atoms with van der Waals surface area (Å²) in [5.74, 6) is -0.826. The van der Waals surface area contributed by atoms with Gasteiger partial charge in [0.15, 0.2) is 0 Å². The van der Waals surface area contributed by atoms with Crippen molar-refractivity contribution in [2.45, 2.75) is 49.5 Å². The summed E-state index contributed by atoms with van der Waals surface area (Å²) < 4.78 is 5.06. The van der Waals surface area contributed by atoms with Crippen LogP contribution in [0.2, 0.25) is 0 Å². The molecule has 1 amide bonds. The van der Waals surface area contributed by atoms with Crippen LogP contribution in [0.4, 0.5) is 0 Å². The fourth-order valence-electron chi connectivity index (χ4n) is 4.21. The summed E-state index contributed by atoms with van der Waals surface area (Å²) in [6, 6.07) is 18.4. The van der Waals surface area contributed by atoms with E-state index in [2.05, 4.69) is 0 Å². The molecule has 0 aliphatic carbocycles. The zero-order valence-electron chi connectivity index (χ0n) is 17.1. The van der Waals surface area contributed by atoms with Crippen molar-refractivity contribution in [3.63, 3.8) is 0 Å². The number of fused-ring (bicyclic) bond motifs is 1. The van der Waals surface area contributed by atoms with Crippen LogP contribution in [0.3, 0.4) is 0 Å². The molecule has 0 aromatic heterocycles. The number of carbonyl (C=O) groups excluding carboxylic acids is 3. The van der Waals surface area contributed by atoms with Gasteiger partial charge in [0.2, 0.25) is 5.91 Å². The number of rotatable bonds is 7. The highest BCUT2D eigenvalue weighted by atomic mass is 32.2. The predicted octanol–water partition coefficient (Wildman–Crippen LogP) is 3.61. The zero-order valence-corrected chi connectivity index (χ0v) is 17.9. The Morgan fingerprint density at radius 3 is 2.23 bits per heavy atom. The fourth-order valence-corrected chi connectivity index (χ4v) is 5.89. The van der Waals surface area contributed by atoms with Crippen LogP contribution in [0.25, 0.3) is 0 Å². The molecule has 0 radical (unpaired) electrons. The van der Waals surface area contributed by atoms with Gasteiger partial charge in [0.05, 0.1) is 11.3 Å². The standard InChI is InChI=1S/C24H25NO4S/c1-24(2)20(23(28)29-15-17-11-7-4-8-12-17)25-21(27)19(22(25)30-24)14-18(26)13-16-9-5-3-6-10-16/h3-12,19-20,22H,13-15H2,1-2H3/t19-,20+,22-/m1/s1. The molecule has 2 aliphatic rings. The van der Waals surface area contributed by atoms with E-state index in [9.17, 15) is 14.4 Å². The van der Waals surface area contributed by atoms with Crippen LogP contribution < -0.4 is 0 Å². The van der Waals surface area contributed by atoms with Gasteiger partial charge in [-0.1, -0.05) is 60.7 Å². The third kappa shape index (κ3) is 4.01. The molecule has 2 saturated heterocycles. The quantitative estimate of drug-likeness (QED) is 0.503. The van der Waals surface area contributed by atoms with E-state index in [1.807, 2.05) is 74.5 Å². The lowest BCUT2D eigenvalue weighted by Gasteiger charge is -2.43. The van der Waals surface area contributed by atoms with Crippen LogP contribution >= 0.6 is 11.8 Å². The Balaban J connectivity index is 1.39. The molecule has 4 rings (SSSR count). The van der Waals surface area contributed by atoms with Crippen molar-refractivity contribution in [3.05, 3.63) is 71.8 Å². The highest BCUT2D eigenvalue weighted by molar-refractivity contribution is 8.01. The Morgan fingerprint density at radius 1 is 1.00 bits per heavy atom. The topological polar surface area (TPSA) is 63.7 Å². The summed E-state index contributed by atoms with van der Waals surface area (Å²) in [6.07, 6.45) is 0.539. The number of Topliss-reactive ketones (excluding diaryl/α,β-unsaturated/α-hetero) is 1. The molecule has 0 N–H and O–H groups in total. The molecule has 2 aromatic carbocycles. The number of carbonyl (C=O) groups is 3. The fraction of sp³-hybridized carbons (Fsp3) is 0.375. The summed E-state index contributed by atoms with van der Waals surface area (Å²) in [5, 5.41) is -0.151. The van der Waals surface area contributed by atoms with Gasteiger partial charge in [-0.05, 0) is 25.0 Å². The number of β-lactam (4-membered cyclic amide) rings is 1. The summed E-state index contributed by atoms with van der Waals surface area (Å²) >= 11 is 1.59. The molecule has 0 unspecified atom stereocenters. The maximum Gasteiger partial charge on any atom is 0.330 e. The summed E-state index contributed by atoms with van der Waals surface area (Å²) in [6.45, 7) is 4.10. The van der Waals surface area contributed by atoms with Crippen molar-refractivity contribution in [3.8, 4) is 0 Å².